The van der Waals surface area contributed by atoms with Gasteiger partial charge < -0.3 is 10.6 Å². The number of hydrogen-bond donors (Lipinski definition) is 2. The molecule has 0 aliphatic heterocycles. The molecule has 0 saturated carbocycles. The van der Waals surface area contributed by atoms with E-state index >= 15 is 0 Å². The normalized spacial score (nSPS) is 10.6. The molecular formula is C27H25N3O2. The highest BCUT2D eigenvalue weighted by Crippen LogP contribution is 2.24. The lowest BCUT2D eigenvalue weighted by atomic mass is 10.0. The van der Waals surface area contributed by atoms with Crippen LogP contribution in [0.15, 0.2) is 91.0 Å². The maximum atomic E-state index is 13.0. The van der Waals surface area contributed by atoms with Crippen LogP contribution < -0.4 is 10.6 Å². The second-order valence-corrected chi connectivity index (χ2v) is 7.56. The monoisotopic (exact) mass is 423 g/mol. The van der Waals surface area contributed by atoms with Crippen LogP contribution in [0.5, 0.6) is 0 Å². The molecule has 3 aromatic carbocycles. The van der Waals surface area contributed by atoms with E-state index in [2.05, 4.69) is 10.6 Å². The summed E-state index contributed by atoms with van der Waals surface area (Å²) < 4.78 is 0. The Bertz CT molecular complexity index is 1210. The fraction of sp³-hybridized carbons (Fsp3) is 0.148. The van der Waals surface area contributed by atoms with Crippen molar-refractivity contribution >= 4 is 22.7 Å². The first-order valence-corrected chi connectivity index (χ1v) is 10.7. The number of pyridine rings is 1. The number of nitrogens with zero attached hydrogens (tertiary/aromatic N) is 1. The Hall–Kier alpha value is -3.99. The van der Waals surface area contributed by atoms with Gasteiger partial charge in [-0.2, -0.15) is 0 Å². The molecule has 0 fully saturated rings. The van der Waals surface area contributed by atoms with Crippen LogP contribution in [0, 0.1) is 0 Å². The average molecular weight is 424 g/mol. The van der Waals surface area contributed by atoms with Crippen LogP contribution in [0.2, 0.25) is 0 Å². The van der Waals surface area contributed by atoms with Crippen LogP contribution >= 0.6 is 0 Å². The number of hydrogen-bond acceptors (Lipinski definition) is 3. The lowest BCUT2D eigenvalue weighted by Gasteiger charge is -2.11. The zero-order valence-corrected chi connectivity index (χ0v) is 17.8. The molecule has 160 valence electrons. The first-order chi connectivity index (χ1) is 15.7. The van der Waals surface area contributed by atoms with Crippen LogP contribution in [0.4, 0.5) is 0 Å². The van der Waals surface area contributed by atoms with E-state index in [0.717, 1.165) is 27.7 Å². The second kappa shape index (κ2) is 10.4. The minimum atomic E-state index is -0.142. The molecule has 4 aromatic rings. The highest BCUT2D eigenvalue weighted by molar-refractivity contribution is 6.07. The molecule has 0 saturated heterocycles. The van der Waals surface area contributed by atoms with E-state index in [1.54, 1.807) is 0 Å². The quantitative estimate of drug-likeness (QED) is 0.413. The highest BCUT2D eigenvalue weighted by Gasteiger charge is 2.13. The molecule has 2 N–H and O–H groups in total. The van der Waals surface area contributed by atoms with Crippen molar-refractivity contribution < 1.29 is 9.59 Å². The van der Waals surface area contributed by atoms with Crippen LogP contribution in [0.25, 0.3) is 22.2 Å². The molecule has 1 heterocycles. The Kier molecular flexibility index (Phi) is 6.88. The Morgan fingerprint density at radius 1 is 0.750 bits per heavy atom. The van der Waals surface area contributed by atoms with E-state index in [1.165, 1.54) is 0 Å². The van der Waals surface area contributed by atoms with Crippen LogP contribution in [0.1, 0.15) is 22.3 Å². The summed E-state index contributed by atoms with van der Waals surface area (Å²) in [7, 11) is 0. The number of amides is 2. The SMILES string of the molecule is O=C(Cc1ccccc1)NCCCNC(=O)c1cc(-c2ccccc2)nc2ccccc12. The average Bonchev–Trinajstić information content (AvgIpc) is 2.84. The van der Waals surface area contributed by atoms with E-state index < -0.39 is 0 Å². The number of fused-ring (bicyclic) bond motifs is 1. The summed E-state index contributed by atoms with van der Waals surface area (Å²) in [5, 5.41) is 6.70. The molecule has 5 nitrogen and oxygen atoms in total. The molecular weight excluding hydrogens is 398 g/mol. The van der Waals surface area contributed by atoms with Gasteiger partial charge in [0.15, 0.2) is 0 Å². The van der Waals surface area contributed by atoms with Gasteiger partial charge in [0, 0.05) is 24.0 Å². The van der Waals surface area contributed by atoms with Gasteiger partial charge in [-0.1, -0.05) is 78.9 Å². The fourth-order valence-corrected chi connectivity index (χ4v) is 3.58. The summed E-state index contributed by atoms with van der Waals surface area (Å²) >= 11 is 0. The summed E-state index contributed by atoms with van der Waals surface area (Å²) in [4.78, 5) is 29.7. The summed E-state index contributed by atoms with van der Waals surface area (Å²) in [5.41, 5.74) is 4.10. The smallest absolute Gasteiger partial charge is 0.252 e. The van der Waals surface area contributed by atoms with Crippen molar-refractivity contribution in [2.45, 2.75) is 12.8 Å². The first kappa shape index (κ1) is 21.2. The molecule has 2 amide bonds. The predicted octanol–water partition coefficient (Wildman–Crippen LogP) is 4.38. The number of benzene rings is 3. The number of aromatic nitrogens is 1. The minimum Gasteiger partial charge on any atom is -0.356 e. The lowest BCUT2D eigenvalue weighted by molar-refractivity contribution is -0.120. The second-order valence-electron chi connectivity index (χ2n) is 7.56. The van der Waals surface area contributed by atoms with Gasteiger partial charge in [-0.05, 0) is 24.1 Å². The topological polar surface area (TPSA) is 71.1 Å². The molecule has 32 heavy (non-hydrogen) atoms. The van der Waals surface area contributed by atoms with Gasteiger partial charge >= 0.3 is 0 Å². The lowest BCUT2D eigenvalue weighted by Crippen LogP contribution is -2.30. The molecule has 0 unspecified atom stereocenters. The fourth-order valence-electron chi connectivity index (χ4n) is 3.58. The Morgan fingerprint density at radius 3 is 2.19 bits per heavy atom. The highest BCUT2D eigenvalue weighted by atomic mass is 16.2. The zero-order chi connectivity index (χ0) is 22.2. The van der Waals surface area contributed by atoms with Crippen molar-refractivity contribution in [2.24, 2.45) is 0 Å². The number of para-hydroxylation sites is 1. The summed E-state index contributed by atoms with van der Waals surface area (Å²) in [5.74, 6) is -0.161. The van der Waals surface area contributed by atoms with Crippen molar-refractivity contribution in [1.82, 2.24) is 15.6 Å². The van der Waals surface area contributed by atoms with Crippen molar-refractivity contribution in [3.63, 3.8) is 0 Å². The van der Waals surface area contributed by atoms with Crippen LogP contribution in [0.3, 0.4) is 0 Å². The summed E-state index contributed by atoms with van der Waals surface area (Å²) in [6, 6.07) is 29.0. The van der Waals surface area contributed by atoms with Gasteiger partial charge in [-0.3, -0.25) is 9.59 Å². The van der Waals surface area contributed by atoms with E-state index in [4.69, 9.17) is 4.98 Å². The van der Waals surface area contributed by atoms with Gasteiger partial charge in [-0.25, -0.2) is 4.98 Å². The molecule has 0 aliphatic carbocycles. The minimum absolute atomic E-state index is 0.0184. The van der Waals surface area contributed by atoms with Crippen LogP contribution in [-0.4, -0.2) is 29.9 Å². The third-order valence-corrected chi connectivity index (χ3v) is 5.20. The number of nitrogens with one attached hydrogen (secondary N) is 2. The third kappa shape index (κ3) is 5.38. The van der Waals surface area contributed by atoms with Crippen molar-refractivity contribution in [3.05, 3.63) is 102 Å². The molecule has 0 spiro atoms. The Labute approximate surface area is 187 Å². The number of carbonyl (C=O) groups excluding carboxylic acids is 2. The molecule has 0 atom stereocenters. The summed E-state index contributed by atoms with van der Waals surface area (Å²) in [6.45, 7) is 0.986. The Balaban J connectivity index is 1.36. The van der Waals surface area contributed by atoms with Gasteiger partial charge in [-0.15, -0.1) is 0 Å². The zero-order valence-electron chi connectivity index (χ0n) is 17.8. The molecule has 0 radical (unpaired) electrons. The number of carbonyl (C=O) groups is 2. The Morgan fingerprint density at radius 2 is 1.41 bits per heavy atom. The summed E-state index contributed by atoms with van der Waals surface area (Å²) in [6.07, 6.45) is 1.01. The van der Waals surface area contributed by atoms with Gasteiger partial charge in [0.05, 0.1) is 23.2 Å². The van der Waals surface area contributed by atoms with E-state index in [-0.39, 0.29) is 11.8 Å². The molecule has 0 aliphatic rings. The predicted molar refractivity (Wildman–Crippen MR) is 127 cm³/mol. The van der Waals surface area contributed by atoms with Gasteiger partial charge in [0.2, 0.25) is 5.91 Å². The van der Waals surface area contributed by atoms with E-state index in [1.807, 2.05) is 91.0 Å². The maximum absolute atomic E-state index is 13.0. The number of rotatable bonds is 8. The van der Waals surface area contributed by atoms with E-state index in [9.17, 15) is 9.59 Å². The standard InChI is InChI=1S/C27H25N3O2/c31-26(18-20-10-3-1-4-11-20)28-16-9-17-29-27(32)23-19-25(21-12-5-2-6-13-21)30-24-15-8-7-14-22(23)24/h1-8,10-15,19H,9,16-18H2,(H,28,31)(H,29,32). The van der Waals surface area contributed by atoms with Crippen molar-refractivity contribution in [3.8, 4) is 11.3 Å². The van der Waals surface area contributed by atoms with Gasteiger partial charge in [0.1, 0.15) is 0 Å². The molecule has 1 aromatic heterocycles. The van der Waals surface area contributed by atoms with Crippen molar-refractivity contribution in [1.29, 1.82) is 0 Å². The van der Waals surface area contributed by atoms with E-state index in [0.29, 0.717) is 31.5 Å². The largest absolute Gasteiger partial charge is 0.356 e. The maximum Gasteiger partial charge on any atom is 0.252 e. The van der Waals surface area contributed by atoms with Crippen molar-refractivity contribution in [2.75, 3.05) is 13.1 Å². The molecule has 4 rings (SSSR count). The molecule has 5 heteroatoms. The first-order valence-electron chi connectivity index (χ1n) is 10.7. The third-order valence-electron chi connectivity index (χ3n) is 5.20. The van der Waals surface area contributed by atoms with Crippen LogP contribution in [-0.2, 0) is 11.2 Å². The van der Waals surface area contributed by atoms with Gasteiger partial charge in [0.25, 0.3) is 5.91 Å². The molecule has 0 bridgehead atoms.